The van der Waals surface area contributed by atoms with Crippen LogP contribution < -0.4 is 5.32 Å². The second-order valence-electron chi connectivity index (χ2n) is 4.59. The lowest BCUT2D eigenvalue weighted by Gasteiger charge is -2.31. The summed E-state index contributed by atoms with van der Waals surface area (Å²) in [7, 11) is 1.51. The summed E-state index contributed by atoms with van der Waals surface area (Å²) in [6, 6.07) is -2.09. The van der Waals surface area contributed by atoms with E-state index in [-0.39, 0.29) is 6.04 Å². The van der Waals surface area contributed by atoms with E-state index in [1.165, 1.54) is 12.0 Å². The first-order valence-electron chi connectivity index (χ1n) is 6.87. The van der Waals surface area contributed by atoms with Crippen LogP contribution in [0.15, 0.2) is 0 Å². The van der Waals surface area contributed by atoms with E-state index in [1.807, 2.05) is 13.8 Å². The molecule has 0 bridgehead atoms. The Labute approximate surface area is 124 Å². The van der Waals surface area contributed by atoms with Crippen LogP contribution in [0.3, 0.4) is 0 Å². The summed E-state index contributed by atoms with van der Waals surface area (Å²) in [5.74, 6) is -2.66. The van der Waals surface area contributed by atoms with E-state index in [1.54, 1.807) is 0 Å². The number of hydrogen-bond donors (Lipinski definition) is 3. The van der Waals surface area contributed by atoms with Gasteiger partial charge in [0.2, 0.25) is 0 Å². The SMILES string of the molecule is CCC(CC)N(CCOC)C(=O)N[C@H](CC(=O)O)C(=O)O. The molecule has 0 heterocycles. The van der Waals surface area contributed by atoms with Gasteiger partial charge in [-0.3, -0.25) is 4.79 Å². The van der Waals surface area contributed by atoms with Gasteiger partial charge < -0.3 is 25.2 Å². The van der Waals surface area contributed by atoms with Crippen molar-refractivity contribution in [1.82, 2.24) is 10.2 Å². The number of carbonyl (C=O) groups is 3. The zero-order chi connectivity index (χ0) is 16.4. The zero-order valence-electron chi connectivity index (χ0n) is 12.7. The monoisotopic (exact) mass is 304 g/mol. The number of methoxy groups -OCH3 is 1. The normalized spacial score (nSPS) is 12.0. The van der Waals surface area contributed by atoms with Gasteiger partial charge in [0, 0.05) is 19.7 Å². The van der Waals surface area contributed by atoms with E-state index < -0.39 is 30.4 Å². The summed E-state index contributed by atoms with van der Waals surface area (Å²) in [4.78, 5) is 35.3. The van der Waals surface area contributed by atoms with E-state index >= 15 is 0 Å². The molecule has 0 spiro atoms. The third-order valence-electron chi connectivity index (χ3n) is 3.15. The van der Waals surface area contributed by atoms with Crippen molar-refractivity contribution in [3.63, 3.8) is 0 Å². The Hall–Kier alpha value is -1.83. The van der Waals surface area contributed by atoms with Crippen molar-refractivity contribution in [3.05, 3.63) is 0 Å². The molecule has 0 aliphatic heterocycles. The zero-order valence-corrected chi connectivity index (χ0v) is 12.7. The molecular formula is C13H24N2O6. The minimum absolute atomic E-state index is 0.0561. The molecule has 8 nitrogen and oxygen atoms in total. The number of carboxylic acid groups (broad SMARTS) is 2. The minimum Gasteiger partial charge on any atom is -0.481 e. The van der Waals surface area contributed by atoms with Gasteiger partial charge in [0.1, 0.15) is 6.04 Å². The number of carbonyl (C=O) groups excluding carboxylic acids is 1. The molecule has 0 fully saturated rings. The molecule has 0 radical (unpaired) electrons. The number of nitrogens with zero attached hydrogens (tertiary/aromatic N) is 1. The van der Waals surface area contributed by atoms with Gasteiger partial charge in [-0.25, -0.2) is 9.59 Å². The lowest BCUT2D eigenvalue weighted by Crippen LogP contribution is -2.52. The molecule has 0 aliphatic carbocycles. The molecule has 0 aromatic heterocycles. The Balaban J connectivity index is 4.91. The van der Waals surface area contributed by atoms with Crippen molar-refractivity contribution in [2.45, 2.75) is 45.2 Å². The fourth-order valence-corrected chi connectivity index (χ4v) is 1.98. The number of urea groups is 1. The van der Waals surface area contributed by atoms with E-state index in [9.17, 15) is 14.4 Å². The molecule has 0 aromatic rings. The maximum atomic E-state index is 12.2. The molecule has 0 aromatic carbocycles. The first-order chi connectivity index (χ1) is 9.87. The van der Waals surface area contributed by atoms with E-state index in [4.69, 9.17) is 14.9 Å². The summed E-state index contributed by atoms with van der Waals surface area (Å²) >= 11 is 0. The van der Waals surface area contributed by atoms with Crippen LogP contribution in [0, 0.1) is 0 Å². The Bertz CT molecular complexity index is 357. The number of aliphatic carboxylic acids is 2. The van der Waals surface area contributed by atoms with Gasteiger partial charge in [0.05, 0.1) is 13.0 Å². The van der Waals surface area contributed by atoms with E-state index in [0.717, 1.165) is 0 Å². The maximum absolute atomic E-state index is 12.2. The largest absolute Gasteiger partial charge is 0.481 e. The first kappa shape index (κ1) is 19.2. The van der Waals surface area contributed by atoms with Gasteiger partial charge in [0.25, 0.3) is 0 Å². The second-order valence-corrected chi connectivity index (χ2v) is 4.59. The van der Waals surface area contributed by atoms with Crippen molar-refractivity contribution in [2.75, 3.05) is 20.3 Å². The highest BCUT2D eigenvalue weighted by molar-refractivity contribution is 5.86. The highest BCUT2D eigenvalue weighted by Gasteiger charge is 2.27. The average molecular weight is 304 g/mol. The van der Waals surface area contributed by atoms with E-state index in [0.29, 0.717) is 26.0 Å². The molecule has 8 heteroatoms. The third-order valence-corrected chi connectivity index (χ3v) is 3.15. The standard InChI is InChI=1S/C13H24N2O6/c1-4-9(5-2)15(6-7-21-3)13(20)14-10(12(18)19)8-11(16)17/h9-10H,4-8H2,1-3H3,(H,14,20)(H,16,17)(H,18,19)/t10-/m1/s1. The minimum atomic E-state index is -1.45. The first-order valence-corrected chi connectivity index (χ1v) is 6.87. The van der Waals surface area contributed by atoms with Crippen molar-refractivity contribution >= 4 is 18.0 Å². The van der Waals surface area contributed by atoms with Crippen molar-refractivity contribution < 1.29 is 29.3 Å². The Morgan fingerprint density at radius 3 is 2.14 bits per heavy atom. The maximum Gasteiger partial charge on any atom is 0.326 e. The number of amides is 2. The van der Waals surface area contributed by atoms with Gasteiger partial charge in [-0.05, 0) is 12.8 Å². The topological polar surface area (TPSA) is 116 Å². The van der Waals surface area contributed by atoms with Gasteiger partial charge in [-0.2, -0.15) is 0 Å². The average Bonchev–Trinajstić information content (AvgIpc) is 2.41. The van der Waals surface area contributed by atoms with Crippen LogP contribution in [0.4, 0.5) is 4.79 Å². The van der Waals surface area contributed by atoms with Crippen LogP contribution in [0.25, 0.3) is 0 Å². The fourth-order valence-electron chi connectivity index (χ4n) is 1.98. The fraction of sp³-hybridized carbons (Fsp3) is 0.769. The van der Waals surface area contributed by atoms with Gasteiger partial charge in [-0.1, -0.05) is 13.8 Å². The molecule has 21 heavy (non-hydrogen) atoms. The van der Waals surface area contributed by atoms with Gasteiger partial charge in [-0.15, -0.1) is 0 Å². The smallest absolute Gasteiger partial charge is 0.326 e. The summed E-state index contributed by atoms with van der Waals surface area (Å²) < 4.78 is 4.95. The molecule has 1 atom stereocenters. The Kier molecular flexibility index (Phi) is 9.11. The molecule has 2 amide bonds. The van der Waals surface area contributed by atoms with Crippen LogP contribution in [0.1, 0.15) is 33.1 Å². The molecule has 0 aliphatic rings. The van der Waals surface area contributed by atoms with Crippen LogP contribution in [0.5, 0.6) is 0 Å². The highest BCUT2D eigenvalue weighted by Crippen LogP contribution is 2.09. The molecule has 122 valence electrons. The van der Waals surface area contributed by atoms with Crippen LogP contribution in [-0.2, 0) is 14.3 Å². The number of nitrogens with one attached hydrogen (secondary N) is 1. The number of ether oxygens (including phenoxy) is 1. The molecule has 0 saturated heterocycles. The summed E-state index contributed by atoms with van der Waals surface area (Å²) in [5.41, 5.74) is 0. The predicted molar refractivity (Wildman–Crippen MR) is 75.2 cm³/mol. The lowest BCUT2D eigenvalue weighted by molar-refractivity contribution is -0.145. The van der Waals surface area contributed by atoms with Crippen LogP contribution in [0.2, 0.25) is 0 Å². The third kappa shape index (κ3) is 6.94. The molecule has 0 rings (SSSR count). The Morgan fingerprint density at radius 2 is 1.76 bits per heavy atom. The molecular weight excluding hydrogens is 280 g/mol. The van der Waals surface area contributed by atoms with Crippen LogP contribution in [-0.4, -0.2) is 65.4 Å². The Morgan fingerprint density at radius 1 is 1.19 bits per heavy atom. The summed E-state index contributed by atoms with van der Waals surface area (Å²) in [6.07, 6.45) is 0.761. The van der Waals surface area contributed by atoms with Gasteiger partial charge in [0.15, 0.2) is 0 Å². The number of carboxylic acids is 2. The number of rotatable bonds is 10. The van der Waals surface area contributed by atoms with E-state index in [2.05, 4.69) is 5.32 Å². The van der Waals surface area contributed by atoms with Crippen LogP contribution >= 0.6 is 0 Å². The van der Waals surface area contributed by atoms with Crippen molar-refractivity contribution in [3.8, 4) is 0 Å². The summed E-state index contributed by atoms with van der Waals surface area (Å²) in [5, 5.41) is 19.9. The summed E-state index contributed by atoms with van der Waals surface area (Å²) in [6.45, 7) is 4.48. The van der Waals surface area contributed by atoms with Crippen molar-refractivity contribution in [1.29, 1.82) is 0 Å². The predicted octanol–water partition coefficient (Wildman–Crippen LogP) is 0.761. The molecule has 0 saturated carbocycles. The van der Waals surface area contributed by atoms with Gasteiger partial charge >= 0.3 is 18.0 Å². The molecule has 0 unspecified atom stereocenters. The second kappa shape index (κ2) is 9.98. The number of hydrogen-bond acceptors (Lipinski definition) is 4. The lowest BCUT2D eigenvalue weighted by atomic mass is 10.1. The highest BCUT2D eigenvalue weighted by atomic mass is 16.5. The quantitative estimate of drug-likeness (QED) is 0.548. The molecule has 3 N–H and O–H groups in total. The van der Waals surface area contributed by atoms with Crippen molar-refractivity contribution in [2.24, 2.45) is 0 Å².